The number of hydrogen-bond acceptors (Lipinski definition) is 5. The maximum Gasteiger partial charge on any atom is 0.161 e. The van der Waals surface area contributed by atoms with Crippen molar-refractivity contribution in [2.24, 2.45) is 4.99 Å². The zero-order chi connectivity index (χ0) is 19.1. The van der Waals surface area contributed by atoms with Gasteiger partial charge < -0.3 is 9.32 Å². The summed E-state index contributed by atoms with van der Waals surface area (Å²) in [7, 11) is 0. The van der Waals surface area contributed by atoms with Crippen molar-refractivity contribution < 1.29 is 4.42 Å². The number of furan rings is 1. The quantitative estimate of drug-likeness (QED) is 0.479. The van der Waals surface area contributed by atoms with Crippen LogP contribution >= 0.6 is 27.7 Å². The summed E-state index contributed by atoms with van der Waals surface area (Å²) in [5.41, 5.74) is 2.07. The molecule has 28 heavy (non-hydrogen) atoms. The fourth-order valence-electron chi connectivity index (χ4n) is 3.94. The summed E-state index contributed by atoms with van der Waals surface area (Å²) in [6, 6.07) is 18.9. The van der Waals surface area contributed by atoms with Gasteiger partial charge in [-0.25, -0.2) is 4.99 Å². The molecule has 2 aliphatic heterocycles. The number of fused-ring (bicyclic) bond motifs is 1. The second-order valence-corrected chi connectivity index (χ2v) is 8.95. The Bertz CT molecular complexity index is 1000. The molecule has 0 saturated carbocycles. The normalized spacial score (nSPS) is 23.7. The van der Waals surface area contributed by atoms with Crippen LogP contribution in [0.5, 0.6) is 0 Å². The van der Waals surface area contributed by atoms with Gasteiger partial charge >= 0.3 is 0 Å². The molecule has 0 N–H and O–H groups in total. The van der Waals surface area contributed by atoms with Gasteiger partial charge in [0.25, 0.3) is 0 Å². The van der Waals surface area contributed by atoms with Gasteiger partial charge in [0, 0.05) is 28.0 Å². The molecule has 0 unspecified atom stereocenters. The van der Waals surface area contributed by atoms with Crippen LogP contribution in [0.1, 0.15) is 36.9 Å². The predicted octanol–water partition coefficient (Wildman–Crippen LogP) is 6.08. The van der Waals surface area contributed by atoms with Crippen LogP contribution in [-0.2, 0) is 0 Å². The molecule has 1 fully saturated rings. The van der Waals surface area contributed by atoms with Crippen LogP contribution in [0, 0.1) is 0 Å². The predicted molar refractivity (Wildman–Crippen MR) is 117 cm³/mol. The first-order valence-corrected chi connectivity index (χ1v) is 11.3. The maximum atomic E-state index is 6.38. The molecule has 0 bridgehead atoms. The van der Waals surface area contributed by atoms with Gasteiger partial charge in [0.1, 0.15) is 23.6 Å². The Kier molecular flexibility index (Phi) is 4.77. The van der Waals surface area contributed by atoms with E-state index in [1.54, 1.807) is 0 Å². The van der Waals surface area contributed by atoms with E-state index in [9.17, 15) is 0 Å². The molecule has 2 aromatic heterocycles. The Morgan fingerprint density at radius 1 is 1.14 bits per heavy atom. The molecule has 2 aliphatic rings. The lowest BCUT2D eigenvalue weighted by Gasteiger charge is -2.30. The molecular formula is C22H20BrN3OS. The third-order valence-electron chi connectivity index (χ3n) is 5.38. The summed E-state index contributed by atoms with van der Waals surface area (Å²) in [5, 5.41) is 1.12. The van der Waals surface area contributed by atoms with Gasteiger partial charge in [-0.15, -0.1) is 0 Å². The van der Waals surface area contributed by atoms with Crippen LogP contribution in [0.4, 0.5) is 0 Å². The summed E-state index contributed by atoms with van der Waals surface area (Å²) in [5.74, 6) is 2.92. The molecule has 4 heterocycles. The Hall–Kier alpha value is -2.05. The standard InChI is InChI=1S/C22H20BrN3OS/c1-2-16-13-28-22-25-20(17-5-3-4-12-24-17)21(26(16)22)19-11-10-18(27-19)14-6-8-15(23)9-7-14/h3-12,16,20-21H,2,13H2,1H3/t16-,20+,21+/m0/s1. The molecule has 3 atom stereocenters. The Morgan fingerprint density at radius 3 is 2.75 bits per heavy atom. The van der Waals surface area contributed by atoms with E-state index in [1.165, 1.54) is 0 Å². The molecule has 1 saturated heterocycles. The van der Waals surface area contributed by atoms with E-state index in [1.807, 2.05) is 42.2 Å². The maximum absolute atomic E-state index is 6.38. The molecule has 1 aromatic carbocycles. The summed E-state index contributed by atoms with van der Waals surface area (Å²) < 4.78 is 7.44. The van der Waals surface area contributed by atoms with Crippen molar-refractivity contribution in [1.29, 1.82) is 0 Å². The molecule has 0 amide bonds. The monoisotopic (exact) mass is 453 g/mol. The van der Waals surface area contributed by atoms with E-state index < -0.39 is 0 Å². The summed E-state index contributed by atoms with van der Waals surface area (Å²) >= 11 is 5.34. The van der Waals surface area contributed by atoms with Crippen LogP contribution in [0.3, 0.4) is 0 Å². The summed E-state index contributed by atoms with van der Waals surface area (Å²) in [4.78, 5) is 12.1. The third kappa shape index (κ3) is 3.08. The Labute approximate surface area is 177 Å². The number of benzene rings is 1. The van der Waals surface area contributed by atoms with Gasteiger partial charge in [0.2, 0.25) is 0 Å². The third-order valence-corrected chi connectivity index (χ3v) is 7.03. The van der Waals surface area contributed by atoms with Gasteiger partial charge in [0.15, 0.2) is 5.17 Å². The van der Waals surface area contributed by atoms with E-state index >= 15 is 0 Å². The minimum absolute atomic E-state index is 0.0398. The number of amidine groups is 1. The first-order valence-electron chi connectivity index (χ1n) is 9.50. The zero-order valence-electron chi connectivity index (χ0n) is 15.5. The van der Waals surface area contributed by atoms with E-state index in [-0.39, 0.29) is 12.1 Å². The van der Waals surface area contributed by atoms with Gasteiger partial charge in [-0.05, 0) is 42.8 Å². The number of rotatable bonds is 4. The number of aliphatic imine (C=N–C) groups is 1. The van der Waals surface area contributed by atoms with Crippen LogP contribution in [-0.4, -0.2) is 26.8 Å². The largest absolute Gasteiger partial charge is 0.459 e. The van der Waals surface area contributed by atoms with Crippen molar-refractivity contribution in [1.82, 2.24) is 9.88 Å². The Balaban J connectivity index is 1.55. The average Bonchev–Trinajstić information content (AvgIpc) is 3.44. The molecule has 142 valence electrons. The van der Waals surface area contributed by atoms with Crippen molar-refractivity contribution >= 4 is 32.9 Å². The first kappa shape index (κ1) is 18.0. The minimum atomic E-state index is -0.0398. The number of aromatic nitrogens is 1. The first-order chi connectivity index (χ1) is 13.7. The van der Waals surface area contributed by atoms with Crippen molar-refractivity contribution in [3.05, 3.63) is 76.7 Å². The van der Waals surface area contributed by atoms with Crippen LogP contribution in [0.25, 0.3) is 11.3 Å². The highest BCUT2D eigenvalue weighted by Crippen LogP contribution is 2.49. The van der Waals surface area contributed by atoms with Gasteiger partial charge in [0.05, 0.1) is 5.69 Å². The molecule has 3 aromatic rings. The fourth-order valence-corrected chi connectivity index (χ4v) is 5.54. The number of nitrogens with zero attached hydrogens (tertiary/aromatic N) is 3. The van der Waals surface area contributed by atoms with Crippen molar-refractivity contribution in [3.8, 4) is 11.3 Å². The SMILES string of the molecule is CC[C@H]1CSC2=N[C@H](c3ccccn3)[C@@H](c3ccc(-c4ccc(Br)cc4)o3)N21. The topological polar surface area (TPSA) is 41.6 Å². The lowest BCUT2D eigenvalue weighted by Crippen LogP contribution is -2.35. The molecule has 0 radical (unpaired) electrons. The molecule has 6 heteroatoms. The molecule has 0 aliphatic carbocycles. The number of hydrogen-bond donors (Lipinski definition) is 0. The smallest absolute Gasteiger partial charge is 0.161 e. The van der Waals surface area contributed by atoms with Crippen molar-refractivity contribution in [2.45, 2.75) is 31.5 Å². The van der Waals surface area contributed by atoms with E-state index in [2.05, 4.69) is 63.1 Å². The second-order valence-electron chi connectivity index (χ2n) is 7.05. The zero-order valence-corrected chi connectivity index (χ0v) is 17.9. The molecule has 4 nitrogen and oxygen atoms in total. The number of pyridine rings is 1. The molecule has 0 spiro atoms. The highest BCUT2D eigenvalue weighted by atomic mass is 79.9. The van der Waals surface area contributed by atoms with Crippen LogP contribution in [0.15, 0.2) is 74.7 Å². The number of halogens is 1. The lowest BCUT2D eigenvalue weighted by atomic mass is 10.0. The van der Waals surface area contributed by atoms with Crippen LogP contribution < -0.4 is 0 Å². The van der Waals surface area contributed by atoms with E-state index in [4.69, 9.17) is 9.41 Å². The van der Waals surface area contributed by atoms with Gasteiger partial charge in [-0.3, -0.25) is 4.98 Å². The Morgan fingerprint density at radius 2 is 2.00 bits per heavy atom. The lowest BCUT2D eigenvalue weighted by molar-refractivity contribution is 0.226. The molecular weight excluding hydrogens is 434 g/mol. The second kappa shape index (κ2) is 7.41. The highest BCUT2D eigenvalue weighted by molar-refractivity contribution is 9.10. The number of thioether (sulfide) groups is 1. The van der Waals surface area contributed by atoms with E-state index in [0.29, 0.717) is 6.04 Å². The van der Waals surface area contributed by atoms with Gasteiger partial charge in [-0.2, -0.15) is 0 Å². The van der Waals surface area contributed by atoms with Crippen LogP contribution in [0.2, 0.25) is 0 Å². The van der Waals surface area contributed by atoms with Gasteiger partial charge in [-0.1, -0.05) is 52.8 Å². The minimum Gasteiger partial charge on any atom is -0.459 e. The fraction of sp³-hybridized carbons (Fsp3) is 0.273. The van der Waals surface area contributed by atoms with Crippen molar-refractivity contribution in [2.75, 3.05) is 5.75 Å². The van der Waals surface area contributed by atoms with Crippen molar-refractivity contribution in [3.63, 3.8) is 0 Å². The summed E-state index contributed by atoms with van der Waals surface area (Å²) in [6.45, 7) is 2.24. The summed E-state index contributed by atoms with van der Waals surface area (Å²) in [6.07, 6.45) is 2.94. The average molecular weight is 454 g/mol. The molecule has 5 rings (SSSR count). The van der Waals surface area contributed by atoms with E-state index in [0.717, 1.165) is 44.6 Å². The highest BCUT2D eigenvalue weighted by Gasteiger charge is 2.46.